The SMILES string of the molecule is CCOC(=O)c1sc(NC(=O)CN2CCN(c3nnnn3-c3ccccc3)CC2)cc1C. The molecule has 0 bridgehead atoms. The van der Waals surface area contributed by atoms with Crippen molar-refractivity contribution in [1.82, 2.24) is 25.1 Å². The van der Waals surface area contributed by atoms with Gasteiger partial charge in [0, 0.05) is 26.2 Å². The van der Waals surface area contributed by atoms with Crippen molar-refractivity contribution in [3.8, 4) is 5.69 Å². The van der Waals surface area contributed by atoms with E-state index in [4.69, 9.17) is 4.74 Å². The number of anilines is 2. The minimum absolute atomic E-state index is 0.107. The maximum atomic E-state index is 12.5. The van der Waals surface area contributed by atoms with Crippen LogP contribution in [0.1, 0.15) is 22.2 Å². The first kappa shape index (κ1) is 21.9. The maximum Gasteiger partial charge on any atom is 0.348 e. The molecular weight excluding hydrogens is 430 g/mol. The second kappa shape index (κ2) is 9.88. The Morgan fingerprint density at radius 1 is 1.16 bits per heavy atom. The van der Waals surface area contributed by atoms with Gasteiger partial charge in [0.25, 0.3) is 0 Å². The summed E-state index contributed by atoms with van der Waals surface area (Å²) in [5, 5.41) is 15.7. The number of aryl methyl sites for hydroxylation is 1. The van der Waals surface area contributed by atoms with Crippen LogP contribution in [0.5, 0.6) is 0 Å². The van der Waals surface area contributed by atoms with E-state index in [1.807, 2.05) is 37.3 Å². The molecule has 4 rings (SSSR count). The van der Waals surface area contributed by atoms with Crippen molar-refractivity contribution in [2.75, 3.05) is 49.5 Å². The third-order valence-electron chi connectivity index (χ3n) is 5.12. The zero-order valence-corrected chi connectivity index (χ0v) is 18.8. The standard InChI is InChI=1S/C21H25N7O3S/c1-3-31-20(30)19-15(2)13-18(32-19)22-17(29)14-26-9-11-27(12-10-26)21-23-24-25-28(21)16-7-5-4-6-8-16/h4-8,13H,3,9-12,14H2,1-2H3,(H,22,29). The van der Waals surface area contributed by atoms with Gasteiger partial charge in [0.15, 0.2) is 0 Å². The summed E-state index contributed by atoms with van der Waals surface area (Å²) < 4.78 is 6.78. The zero-order valence-electron chi connectivity index (χ0n) is 18.0. The van der Waals surface area contributed by atoms with Crippen LogP contribution in [0.15, 0.2) is 36.4 Å². The molecule has 0 unspecified atom stereocenters. The van der Waals surface area contributed by atoms with Gasteiger partial charge in [-0.1, -0.05) is 23.3 Å². The number of nitrogens with zero attached hydrogens (tertiary/aromatic N) is 6. The number of ether oxygens (including phenoxy) is 1. The lowest BCUT2D eigenvalue weighted by molar-refractivity contribution is -0.117. The number of hydrogen-bond acceptors (Lipinski definition) is 9. The average Bonchev–Trinajstić information content (AvgIpc) is 3.42. The summed E-state index contributed by atoms with van der Waals surface area (Å²) in [5.41, 5.74) is 1.70. The lowest BCUT2D eigenvalue weighted by Crippen LogP contribution is -2.49. The summed E-state index contributed by atoms with van der Waals surface area (Å²) in [4.78, 5) is 29.2. The van der Waals surface area contributed by atoms with Crippen molar-refractivity contribution in [2.45, 2.75) is 13.8 Å². The lowest BCUT2D eigenvalue weighted by Gasteiger charge is -2.34. The highest BCUT2D eigenvalue weighted by molar-refractivity contribution is 7.18. The first-order chi connectivity index (χ1) is 15.5. The molecule has 11 heteroatoms. The van der Waals surface area contributed by atoms with Crippen LogP contribution in [-0.2, 0) is 9.53 Å². The molecule has 3 heterocycles. The van der Waals surface area contributed by atoms with Gasteiger partial charge in [-0.2, -0.15) is 4.68 Å². The molecule has 10 nitrogen and oxygen atoms in total. The summed E-state index contributed by atoms with van der Waals surface area (Å²) in [5.74, 6) is 0.231. The molecule has 0 spiro atoms. The summed E-state index contributed by atoms with van der Waals surface area (Å²) in [7, 11) is 0. The summed E-state index contributed by atoms with van der Waals surface area (Å²) in [6.45, 7) is 7.06. The molecule has 3 aromatic rings. The number of thiophene rings is 1. The predicted octanol–water partition coefficient (Wildman–Crippen LogP) is 1.97. The molecule has 1 amide bonds. The molecule has 0 aliphatic carbocycles. The highest BCUT2D eigenvalue weighted by Gasteiger charge is 2.24. The molecule has 1 aliphatic rings. The second-order valence-corrected chi connectivity index (χ2v) is 8.43. The van der Waals surface area contributed by atoms with Crippen molar-refractivity contribution < 1.29 is 14.3 Å². The first-order valence-corrected chi connectivity index (χ1v) is 11.3. The van der Waals surface area contributed by atoms with E-state index in [1.54, 1.807) is 17.7 Å². The number of piperazine rings is 1. The summed E-state index contributed by atoms with van der Waals surface area (Å²) in [6.07, 6.45) is 0. The minimum atomic E-state index is -0.357. The van der Waals surface area contributed by atoms with Gasteiger partial charge in [-0.15, -0.1) is 11.3 Å². The minimum Gasteiger partial charge on any atom is -0.462 e. The van der Waals surface area contributed by atoms with E-state index in [1.165, 1.54) is 11.3 Å². The molecule has 0 radical (unpaired) electrons. The van der Waals surface area contributed by atoms with Gasteiger partial charge in [-0.05, 0) is 48.0 Å². The Morgan fingerprint density at radius 3 is 2.62 bits per heavy atom. The van der Waals surface area contributed by atoms with Gasteiger partial charge in [0.1, 0.15) is 4.88 Å². The van der Waals surface area contributed by atoms with E-state index < -0.39 is 0 Å². The van der Waals surface area contributed by atoms with E-state index in [0.717, 1.165) is 11.3 Å². The fraction of sp³-hybridized carbons (Fsp3) is 0.381. The molecule has 168 valence electrons. The number of tetrazole rings is 1. The Hall–Kier alpha value is -3.31. The molecule has 1 fully saturated rings. The Morgan fingerprint density at radius 2 is 1.91 bits per heavy atom. The molecule has 32 heavy (non-hydrogen) atoms. The number of hydrogen-bond donors (Lipinski definition) is 1. The van der Waals surface area contributed by atoms with Gasteiger partial charge in [0.2, 0.25) is 11.9 Å². The number of esters is 1. The zero-order chi connectivity index (χ0) is 22.5. The van der Waals surface area contributed by atoms with Gasteiger partial charge in [-0.3, -0.25) is 9.69 Å². The number of carbonyl (C=O) groups is 2. The van der Waals surface area contributed by atoms with Crippen LogP contribution in [0.25, 0.3) is 5.69 Å². The lowest BCUT2D eigenvalue weighted by atomic mass is 10.3. The highest BCUT2D eigenvalue weighted by atomic mass is 32.1. The molecule has 1 N–H and O–H groups in total. The third-order valence-corrected chi connectivity index (χ3v) is 6.25. The number of rotatable bonds is 7. The number of aromatic nitrogens is 4. The summed E-state index contributed by atoms with van der Waals surface area (Å²) in [6, 6.07) is 11.6. The summed E-state index contributed by atoms with van der Waals surface area (Å²) >= 11 is 1.24. The predicted molar refractivity (Wildman–Crippen MR) is 121 cm³/mol. The van der Waals surface area contributed by atoms with E-state index in [0.29, 0.717) is 48.6 Å². The van der Waals surface area contributed by atoms with E-state index in [9.17, 15) is 9.59 Å². The fourth-order valence-electron chi connectivity index (χ4n) is 3.54. The van der Waals surface area contributed by atoms with E-state index in [2.05, 4.69) is 30.6 Å². The number of nitrogens with one attached hydrogen (secondary N) is 1. The molecular formula is C21H25N7O3S. The smallest absolute Gasteiger partial charge is 0.348 e. The molecule has 1 saturated heterocycles. The number of carbonyl (C=O) groups excluding carboxylic acids is 2. The van der Waals surface area contributed by atoms with Crippen LogP contribution in [0.2, 0.25) is 0 Å². The molecule has 1 aliphatic heterocycles. The Labute approximate surface area is 189 Å². The van der Waals surface area contributed by atoms with Crippen LogP contribution in [0.4, 0.5) is 10.9 Å². The van der Waals surface area contributed by atoms with Crippen LogP contribution in [0.3, 0.4) is 0 Å². The van der Waals surface area contributed by atoms with Crippen LogP contribution in [-0.4, -0.2) is 76.3 Å². The highest BCUT2D eigenvalue weighted by Crippen LogP contribution is 2.27. The van der Waals surface area contributed by atoms with Gasteiger partial charge in [-0.25, -0.2) is 4.79 Å². The Balaban J connectivity index is 1.31. The van der Waals surface area contributed by atoms with Crippen molar-refractivity contribution in [3.63, 3.8) is 0 Å². The number of para-hydroxylation sites is 1. The van der Waals surface area contributed by atoms with Crippen LogP contribution in [0, 0.1) is 6.92 Å². The molecule has 2 aromatic heterocycles. The van der Waals surface area contributed by atoms with Gasteiger partial charge >= 0.3 is 5.97 Å². The maximum absolute atomic E-state index is 12.5. The topological polar surface area (TPSA) is 105 Å². The molecule has 0 saturated carbocycles. The fourth-order valence-corrected chi connectivity index (χ4v) is 4.53. The Kier molecular flexibility index (Phi) is 6.76. The van der Waals surface area contributed by atoms with Crippen molar-refractivity contribution in [2.24, 2.45) is 0 Å². The largest absolute Gasteiger partial charge is 0.462 e. The quantitative estimate of drug-likeness (QED) is 0.539. The molecule has 0 atom stereocenters. The van der Waals surface area contributed by atoms with Crippen molar-refractivity contribution in [3.05, 3.63) is 46.8 Å². The van der Waals surface area contributed by atoms with Crippen LogP contribution < -0.4 is 10.2 Å². The third kappa shape index (κ3) is 4.94. The Bertz CT molecular complexity index is 1070. The van der Waals surface area contributed by atoms with E-state index >= 15 is 0 Å². The number of amides is 1. The second-order valence-electron chi connectivity index (χ2n) is 7.38. The van der Waals surface area contributed by atoms with Crippen LogP contribution >= 0.6 is 11.3 Å². The average molecular weight is 456 g/mol. The van der Waals surface area contributed by atoms with Gasteiger partial charge < -0.3 is 15.0 Å². The van der Waals surface area contributed by atoms with Gasteiger partial charge in [0.05, 0.1) is 23.8 Å². The monoisotopic (exact) mass is 455 g/mol. The normalized spacial score (nSPS) is 14.4. The molecule has 1 aromatic carbocycles. The van der Waals surface area contributed by atoms with Crippen molar-refractivity contribution >= 4 is 34.2 Å². The number of benzene rings is 1. The van der Waals surface area contributed by atoms with Crippen molar-refractivity contribution in [1.29, 1.82) is 0 Å². The first-order valence-electron chi connectivity index (χ1n) is 10.4. The van der Waals surface area contributed by atoms with E-state index in [-0.39, 0.29) is 18.4 Å².